The highest BCUT2D eigenvalue weighted by Crippen LogP contribution is 2.25. The summed E-state index contributed by atoms with van der Waals surface area (Å²) in [6, 6.07) is 7.05. The van der Waals surface area contributed by atoms with Crippen molar-refractivity contribution in [2.75, 3.05) is 17.3 Å². The molecule has 140 valence electrons. The van der Waals surface area contributed by atoms with Gasteiger partial charge in [-0.2, -0.15) is 10.2 Å². The van der Waals surface area contributed by atoms with Gasteiger partial charge in [0.05, 0.1) is 0 Å². The van der Waals surface area contributed by atoms with Crippen LogP contribution >= 0.6 is 0 Å². The summed E-state index contributed by atoms with van der Waals surface area (Å²) in [4.78, 5) is 30.7. The molecule has 3 aromatic heterocycles. The molecule has 3 aromatic rings. The monoisotopic (exact) mass is 367 g/mol. The van der Waals surface area contributed by atoms with Crippen molar-refractivity contribution in [2.45, 2.75) is 38.3 Å². The highest BCUT2D eigenvalue weighted by Gasteiger charge is 2.21. The molecule has 0 radical (unpaired) electrons. The van der Waals surface area contributed by atoms with E-state index in [2.05, 4.69) is 25.4 Å². The fourth-order valence-corrected chi connectivity index (χ4v) is 3.45. The number of carbonyl (C=O) groups is 1. The number of pyridine rings is 1. The van der Waals surface area contributed by atoms with Gasteiger partial charge >= 0.3 is 0 Å². The number of aromatic nitrogens is 5. The molecule has 9 heteroatoms. The van der Waals surface area contributed by atoms with Gasteiger partial charge in [0.25, 0.3) is 5.56 Å². The summed E-state index contributed by atoms with van der Waals surface area (Å²) in [5.74, 6) is 0.383. The number of amides is 1. The third-order valence-electron chi connectivity index (χ3n) is 4.94. The minimum Gasteiger partial charge on any atom is -0.355 e. The molecular formula is C18H21N7O2. The van der Waals surface area contributed by atoms with E-state index in [1.165, 1.54) is 29.9 Å². The number of fused-ring (bicyclic) bond motifs is 1. The van der Waals surface area contributed by atoms with Crippen LogP contribution in [0.5, 0.6) is 0 Å². The lowest BCUT2D eigenvalue weighted by Gasteiger charge is -2.25. The molecule has 0 atom stereocenters. The third kappa shape index (κ3) is 3.67. The maximum absolute atomic E-state index is 12.4. The van der Waals surface area contributed by atoms with Crippen molar-refractivity contribution in [2.24, 2.45) is 0 Å². The first-order chi connectivity index (χ1) is 13.1. The van der Waals surface area contributed by atoms with Crippen LogP contribution in [0.3, 0.4) is 0 Å². The Labute approximate surface area is 155 Å². The SMILES string of the molecule is CN(c1ccc(=O)n(CC(=O)Nc2ccn3ncnc3c2)n1)C1CCCC1. The molecule has 0 spiro atoms. The predicted octanol–water partition coefficient (Wildman–Crippen LogP) is 1.30. The zero-order chi connectivity index (χ0) is 18.8. The van der Waals surface area contributed by atoms with E-state index in [4.69, 9.17) is 0 Å². The van der Waals surface area contributed by atoms with Gasteiger partial charge in [-0.3, -0.25) is 9.59 Å². The van der Waals surface area contributed by atoms with Crippen LogP contribution in [0.4, 0.5) is 11.5 Å². The number of hydrogen-bond acceptors (Lipinski definition) is 6. The molecule has 0 aliphatic heterocycles. The number of hydrogen-bond donors (Lipinski definition) is 1. The first kappa shape index (κ1) is 17.2. The molecule has 4 rings (SSSR count). The largest absolute Gasteiger partial charge is 0.355 e. The third-order valence-corrected chi connectivity index (χ3v) is 4.94. The smallest absolute Gasteiger partial charge is 0.267 e. The quantitative estimate of drug-likeness (QED) is 0.730. The summed E-state index contributed by atoms with van der Waals surface area (Å²) in [6.07, 6.45) is 7.84. The fourth-order valence-electron chi connectivity index (χ4n) is 3.45. The Morgan fingerprint density at radius 1 is 1.30 bits per heavy atom. The molecule has 0 aromatic carbocycles. The molecule has 1 saturated carbocycles. The zero-order valence-electron chi connectivity index (χ0n) is 15.1. The van der Waals surface area contributed by atoms with Gasteiger partial charge in [0, 0.05) is 37.1 Å². The van der Waals surface area contributed by atoms with Gasteiger partial charge < -0.3 is 10.2 Å². The van der Waals surface area contributed by atoms with Gasteiger partial charge in [0.2, 0.25) is 5.91 Å². The van der Waals surface area contributed by atoms with Crippen molar-refractivity contribution in [1.82, 2.24) is 24.4 Å². The lowest BCUT2D eigenvalue weighted by molar-refractivity contribution is -0.117. The van der Waals surface area contributed by atoms with E-state index in [0.717, 1.165) is 12.8 Å². The Hall–Kier alpha value is -3.23. The first-order valence-electron chi connectivity index (χ1n) is 9.00. The number of anilines is 2. The van der Waals surface area contributed by atoms with Gasteiger partial charge in [-0.05, 0) is 25.0 Å². The number of nitrogens with zero attached hydrogens (tertiary/aromatic N) is 6. The molecular weight excluding hydrogens is 346 g/mol. The average molecular weight is 367 g/mol. The summed E-state index contributed by atoms with van der Waals surface area (Å²) in [6.45, 7) is -0.150. The Balaban J connectivity index is 1.48. The van der Waals surface area contributed by atoms with Gasteiger partial charge in [-0.15, -0.1) is 0 Å². The van der Waals surface area contributed by atoms with Crippen LogP contribution in [0.25, 0.3) is 5.65 Å². The van der Waals surface area contributed by atoms with Crippen LogP contribution in [0.15, 0.2) is 41.6 Å². The molecule has 1 aliphatic rings. The zero-order valence-corrected chi connectivity index (χ0v) is 15.1. The first-order valence-corrected chi connectivity index (χ1v) is 9.00. The molecule has 0 unspecified atom stereocenters. The summed E-state index contributed by atoms with van der Waals surface area (Å²) in [5, 5.41) is 11.2. The van der Waals surface area contributed by atoms with Crippen molar-refractivity contribution >= 4 is 23.1 Å². The minimum absolute atomic E-state index is 0.150. The average Bonchev–Trinajstić information content (AvgIpc) is 3.34. The summed E-state index contributed by atoms with van der Waals surface area (Å²) in [5.41, 5.74) is 0.915. The Kier molecular flexibility index (Phi) is 4.57. The maximum Gasteiger partial charge on any atom is 0.267 e. The number of rotatable bonds is 5. The molecule has 27 heavy (non-hydrogen) atoms. The predicted molar refractivity (Wildman–Crippen MR) is 101 cm³/mol. The molecule has 0 bridgehead atoms. The molecule has 1 fully saturated rings. The van der Waals surface area contributed by atoms with Crippen molar-refractivity contribution in [3.8, 4) is 0 Å². The summed E-state index contributed by atoms with van der Waals surface area (Å²) in [7, 11) is 1.99. The lowest BCUT2D eigenvalue weighted by atomic mass is 10.2. The van der Waals surface area contributed by atoms with Crippen molar-refractivity contribution in [3.05, 3.63) is 47.1 Å². The van der Waals surface area contributed by atoms with Gasteiger partial charge in [-0.25, -0.2) is 14.2 Å². The van der Waals surface area contributed by atoms with E-state index in [1.807, 2.05) is 7.05 Å². The van der Waals surface area contributed by atoms with Crippen LogP contribution in [0.2, 0.25) is 0 Å². The van der Waals surface area contributed by atoms with Crippen LogP contribution in [-0.4, -0.2) is 43.4 Å². The highest BCUT2D eigenvalue weighted by atomic mass is 16.2. The second kappa shape index (κ2) is 7.18. The van der Waals surface area contributed by atoms with Crippen molar-refractivity contribution in [3.63, 3.8) is 0 Å². The lowest BCUT2D eigenvalue weighted by Crippen LogP contribution is -2.34. The Bertz CT molecular complexity index is 1020. The van der Waals surface area contributed by atoms with Crippen LogP contribution < -0.4 is 15.8 Å². The van der Waals surface area contributed by atoms with E-state index in [9.17, 15) is 9.59 Å². The van der Waals surface area contributed by atoms with E-state index < -0.39 is 0 Å². The topological polar surface area (TPSA) is 97.4 Å². The molecule has 9 nitrogen and oxygen atoms in total. The summed E-state index contributed by atoms with van der Waals surface area (Å²) >= 11 is 0. The fraction of sp³-hybridized carbons (Fsp3) is 0.389. The van der Waals surface area contributed by atoms with Gasteiger partial charge in [0.15, 0.2) is 5.65 Å². The van der Waals surface area contributed by atoms with Crippen LogP contribution in [0.1, 0.15) is 25.7 Å². The second-order valence-corrected chi connectivity index (χ2v) is 6.76. The van der Waals surface area contributed by atoms with Gasteiger partial charge in [0.1, 0.15) is 18.7 Å². The van der Waals surface area contributed by atoms with Crippen LogP contribution in [-0.2, 0) is 11.3 Å². The van der Waals surface area contributed by atoms with Crippen molar-refractivity contribution < 1.29 is 4.79 Å². The number of nitrogens with one attached hydrogen (secondary N) is 1. The minimum atomic E-state index is -0.325. The second-order valence-electron chi connectivity index (χ2n) is 6.76. The maximum atomic E-state index is 12.4. The Morgan fingerprint density at radius 2 is 2.11 bits per heavy atom. The van der Waals surface area contributed by atoms with E-state index >= 15 is 0 Å². The number of carbonyl (C=O) groups excluding carboxylic acids is 1. The molecule has 1 amide bonds. The molecule has 3 heterocycles. The summed E-state index contributed by atoms with van der Waals surface area (Å²) < 4.78 is 2.80. The molecule has 1 N–H and O–H groups in total. The molecule has 1 aliphatic carbocycles. The standard InChI is InChI=1S/C18H21N7O2/c1-23(14-4-2-3-5-14)15-6-7-18(27)25(22-15)11-17(26)21-13-8-9-24-16(10-13)19-12-20-24/h6-10,12,14H,2-5,11H2,1H3,(H,21,26). The van der Waals surface area contributed by atoms with Crippen molar-refractivity contribution in [1.29, 1.82) is 0 Å². The van der Waals surface area contributed by atoms with Crippen LogP contribution in [0, 0.1) is 0 Å². The van der Waals surface area contributed by atoms with Gasteiger partial charge in [-0.1, -0.05) is 12.8 Å². The van der Waals surface area contributed by atoms with E-state index in [-0.39, 0.29) is 18.0 Å². The molecule has 0 saturated heterocycles. The van der Waals surface area contributed by atoms with E-state index in [0.29, 0.717) is 23.2 Å². The normalized spacial score (nSPS) is 14.6. The van der Waals surface area contributed by atoms with E-state index in [1.54, 1.807) is 28.9 Å². The Morgan fingerprint density at radius 3 is 2.93 bits per heavy atom. The highest BCUT2D eigenvalue weighted by molar-refractivity contribution is 5.90.